The molecule has 1 aromatic carbocycles. The molecule has 1 saturated carbocycles. The van der Waals surface area contributed by atoms with E-state index in [2.05, 4.69) is 13.8 Å². The van der Waals surface area contributed by atoms with Crippen LogP contribution < -0.4 is 5.73 Å². The molecule has 1 aliphatic carbocycles. The molecule has 1 aromatic rings. The Morgan fingerprint density at radius 1 is 1.18 bits per heavy atom. The van der Waals surface area contributed by atoms with E-state index in [9.17, 15) is 8.78 Å². The Bertz CT molecular complexity index is 398. The van der Waals surface area contributed by atoms with Crippen LogP contribution in [0.3, 0.4) is 0 Å². The highest BCUT2D eigenvalue weighted by Gasteiger charge is 2.38. The van der Waals surface area contributed by atoms with Gasteiger partial charge in [0.05, 0.1) is 0 Å². The van der Waals surface area contributed by atoms with Crippen LogP contribution in [0.4, 0.5) is 8.78 Å². The SMILES string of the molecule is CC1CCC(N)(c2cc(F)cc(F)c2)C(C)C1. The summed E-state index contributed by atoms with van der Waals surface area (Å²) in [6.07, 6.45) is 2.81. The van der Waals surface area contributed by atoms with Gasteiger partial charge in [-0.15, -0.1) is 0 Å². The average molecular weight is 239 g/mol. The summed E-state index contributed by atoms with van der Waals surface area (Å²) in [6, 6.07) is 3.63. The number of halogens is 2. The summed E-state index contributed by atoms with van der Waals surface area (Å²) in [5.41, 5.74) is 6.39. The summed E-state index contributed by atoms with van der Waals surface area (Å²) in [6.45, 7) is 4.26. The minimum Gasteiger partial charge on any atom is -0.321 e. The molecule has 1 aliphatic rings. The highest BCUT2D eigenvalue weighted by Crippen LogP contribution is 2.41. The zero-order chi connectivity index (χ0) is 12.6. The summed E-state index contributed by atoms with van der Waals surface area (Å²) >= 11 is 0. The maximum Gasteiger partial charge on any atom is 0.126 e. The number of hydrogen-bond acceptors (Lipinski definition) is 1. The first-order chi connectivity index (χ1) is 7.91. The van der Waals surface area contributed by atoms with Crippen LogP contribution in [0, 0.1) is 23.5 Å². The van der Waals surface area contributed by atoms with Crippen molar-refractivity contribution in [2.24, 2.45) is 17.6 Å². The van der Waals surface area contributed by atoms with Crippen molar-refractivity contribution in [3.8, 4) is 0 Å². The van der Waals surface area contributed by atoms with E-state index >= 15 is 0 Å². The minimum absolute atomic E-state index is 0.243. The summed E-state index contributed by atoms with van der Waals surface area (Å²) < 4.78 is 26.5. The molecule has 3 heteroatoms. The number of benzene rings is 1. The largest absolute Gasteiger partial charge is 0.321 e. The van der Waals surface area contributed by atoms with Crippen molar-refractivity contribution in [1.29, 1.82) is 0 Å². The predicted octanol–water partition coefficient (Wildman–Crippen LogP) is 3.57. The molecule has 0 saturated heterocycles. The number of hydrogen-bond donors (Lipinski definition) is 1. The lowest BCUT2D eigenvalue weighted by atomic mass is 9.67. The van der Waals surface area contributed by atoms with E-state index < -0.39 is 17.2 Å². The molecule has 0 heterocycles. The van der Waals surface area contributed by atoms with Gasteiger partial charge in [-0.1, -0.05) is 13.8 Å². The van der Waals surface area contributed by atoms with Crippen molar-refractivity contribution >= 4 is 0 Å². The molecule has 17 heavy (non-hydrogen) atoms. The fraction of sp³-hybridized carbons (Fsp3) is 0.571. The summed E-state index contributed by atoms with van der Waals surface area (Å²) in [5.74, 6) is -0.209. The van der Waals surface area contributed by atoms with Gasteiger partial charge in [-0.05, 0) is 48.8 Å². The molecule has 0 spiro atoms. The normalized spacial score (nSPS) is 33.7. The van der Waals surface area contributed by atoms with Crippen LogP contribution in [0.5, 0.6) is 0 Å². The lowest BCUT2D eigenvalue weighted by molar-refractivity contribution is 0.164. The minimum atomic E-state index is -0.588. The van der Waals surface area contributed by atoms with Crippen LogP contribution in [0.2, 0.25) is 0 Å². The Hall–Kier alpha value is -0.960. The van der Waals surface area contributed by atoms with Crippen molar-refractivity contribution in [3.63, 3.8) is 0 Å². The second-order valence-electron chi connectivity index (χ2n) is 5.48. The van der Waals surface area contributed by atoms with Crippen LogP contribution in [0.15, 0.2) is 18.2 Å². The predicted molar refractivity (Wildman–Crippen MR) is 64.4 cm³/mol. The molecular weight excluding hydrogens is 220 g/mol. The molecule has 94 valence electrons. The van der Waals surface area contributed by atoms with Gasteiger partial charge >= 0.3 is 0 Å². The molecular formula is C14H19F2N. The molecule has 0 amide bonds. The van der Waals surface area contributed by atoms with E-state index in [1.165, 1.54) is 12.1 Å². The zero-order valence-corrected chi connectivity index (χ0v) is 10.3. The summed E-state index contributed by atoms with van der Waals surface area (Å²) in [7, 11) is 0. The first-order valence-corrected chi connectivity index (χ1v) is 6.17. The molecule has 2 rings (SSSR count). The van der Waals surface area contributed by atoms with Gasteiger partial charge in [0.25, 0.3) is 0 Å². The van der Waals surface area contributed by atoms with E-state index in [1.54, 1.807) is 0 Å². The second kappa shape index (κ2) is 4.37. The molecule has 3 atom stereocenters. The van der Waals surface area contributed by atoms with Gasteiger partial charge in [-0.3, -0.25) is 0 Å². The molecule has 0 aromatic heterocycles. The van der Waals surface area contributed by atoms with E-state index in [0.717, 1.165) is 25.3 Å². The van der Waals surface area contributed by atoms with Gasteiger partial charge in [0, 0.05) is 11.6 Å². The second-order valence-corrected chi connectivity index (χ2v) is 5.48. The van der Waals surface area contributed by atoms with Crippen molar-refractivity contribution in [2.45, 2.75) is 38.6 Å². The van der Waals surface area contributed by atoms with Crippen molar-refractivity contribution in [3.05, 3.63) is 35.4 Å². The fourth-order valence-electron chi connectivity index (χ4n) is 2.91. The van der Waals surface area contributed by atoms with Crippen LogP contribution >= 0.6 is 0 Å². The lowest BCUT2D eigenvalue weighted by Crippen LogP contribution is -2.46. The first-order valence-electron chi connectivity index (χ1n) is 6.17. The van der Waals surface area contributed by atoms with E-state index in [1.807, 2.05) is 0 Å². The maximum atomic E-state index is 13.3. The van der Waals surface area contributed by atoms with E-state index in [0.29, 0.717) is 11.5 Å². The van der Waals surface area contributed by atoms with Crippen molar-refractivity contribution in [1.82, 2.24) is 0 Å². The molecule has 0 bridgehead atoms. The maximum absolute atomic E-state index is 13.3. The quantitative estimate of drug-likeness (QED) is 0.796. The highest BCUT2D eigenvalue weighted by atomic mass is 19.1. The zero-order valence-electron chi connectivity index (χ0n) is 10.3. The third kappa shape index (κ3) is 2.34. The van der Waals surface area contributed by atoms with Gasteiger partial charge in [-0.2, -0.15) is 0 Å². The fourth-order valence-corrected chi connectivity index (χ4v) is 2.91. The van der Waals surface area contributed by atoms with E-state index in [4.69, 9.17) is 5.73 Å². The Kier molecular flexibility index (Phi) is 3.21. The highest BCUT2D eigenvalue weighted by molar-refractivity contribution is 5.27. The number of nitrogens with two attached hydrogens (primary N) is 1. The molecule has 3 unspecified atom stereocenters. The Morgan fingerprint density at radius 2 is 1.76 bits per heavy atom. The monoisotopic (exact) mass is 239 g/mol. The summed E-state index contributed by atoms with van der Waals surface area (Å²) in [4.78, 5) is 0. The lowest BCUT2D eigenvalue weighted by Gasteiger charge is -2.42. The Morgan fingerprint density at radius 3 is 2.29 bits per heavy atom. The van der Waals surface area contributed by atoms with Gasteiger partial charge in [0.2, 0.25) is 0 Å². The van der Waals surface area contributed by atoms with Crippen molar-refractivity contribution in [2.75, 3.05) is 0 Å². The Labute approximate surface area is 101 Å². The topological polar surface area (TPSA) is 26.0 Å². The van der Waals surface area contributed by atoms with E-state index in [-0.39, 0.29) is 5.92 Å². The first kappa shape index (κ1) is 12.5. The molecule has 2 N–H and O–H groups in total. The third-order valence-corrected chi connectivity index (χ3v) is 4.09. The molecule has 0 radical (unpaired) electrons. The number of rotatable bonds is 1. The van der Waals surface area contributed by atoms with Crippen LogP contribution in [-0.4, -0.2) is 0 Å². The van der Waals surface area contributed by atoms with Gasteiger partial charge < -0.3 is 5.73 Å². The smallest absolute Gasteiger partial charge is 0.126 e. The van der Waals surface area contributed by atoms with Crippen LogP contribution in [0.1, 0.15) is 38.7 Å². The van der Waals surface area contributed by atoms with Crippen LogP contribution in [-0.2, 0) is 5.54 Å². The Balaban J connectivity index is 2.37. The molecule has 1 fully saturated rings. The molecule has 0 aliphatic heterocycles. The van der Waals surface area contributed by atoms with Gasteiger partial charge in [0.15, 0.2) is 0 Å². The molecule has 1 nitrogen and oxygen atoms in total. The average Bonchev–Trinajstić information content (AvgIpc) is 2.22. The third-order valence-electron chi connectivity index (χ3n) is 4.09. The standard InChI is InChI=1S/C14H19F2N/c1-9-3-4-14(17,10(2)5-9)11-6-12(15)8-13(16)7-11/h6-10H,3-5,17H2,1-2H3. The van der Waals surface area contributed by atoms with Gasteiger partial charge in [-0.25, -0.2) is 8.78 Å². The van der Waals surface area contributed by atoms with Gasteiger partial charge in [0.1, 0.15) is 11.6 Å². The van der Waals surface area contributed by atoms with Crippen molar-refractivity contribution < 1.29 is 8.78 Å². The summed E-state index contributed by atoms with van der Waals surface area (Å²) in [5, 5.41) is 0. The van der Waals surface area contributed by atoms with Crippen LogP contribution in [0.25, 0.3) is 0 Å².